The van der Waals surface area contributed by atoms with E-state index < -0.39 is 9.84 Å². The fourth-order valence-electron chi connectivity index (χ4n) is 1.50. The number of thiazole rings is 1. The summed E-state index contributed by atoms with van der Waals surface area (Å²) in [6.07, 6.45) is 2.70. The average Bonchev–Trinajstić information content (AvgIpc) is 2.93. The zero-order valence-electron chi connectivity index (χ0n) is 10.5. The molecule has 0 aliphatic rings. The fraction of sp³-hybridized carbons (Fsp3) is 0.222. The van der Waals surface area contributed by atoms with Gasteiger partial charge in [-0.05, 0) is 6.92 Å². The van der Waals surface area contributed by atoms with Crippen molar-refractivity contribution < 1.29 is 8.42 Å². The van der Waals surface area contributed by atoms with E-state index in [2.05, 4.69) is 25.0 Å². The van der Waals surface area contributed by atoms with E-state index in [1.165, 1.54) is 15.9 Å². The first-order chi connectivity index (χ1) is 9.34. The Bertz CT molecular complexity index is 912. The summed E-state index contributed by atoms with van der Waals surface area (Å²) in [5, 5.41) is 4.35. The van der Waals surface area contributed by atoms with Crippen LogP contribution in [0.3, 0.4) is 0 Å². The van der Waals surface area contributed by atoms with Crippen molar-refractivity contribution in [3.05, 3.63) is 11.1 Å². The molecule has 0 aliphatic carbocycles. The van der Waals surface area contributed by atoms with Crippen LogP contribution in [0.15, 0.2) is 11.4 Å². The van der Waals surface area contributed by atoms with Crippen molar-refractivity contribution in [1.29, 1.82) is 0 Å². The molecule has 0 amide bonds. The highest BCUT2D eigenvalue weighted by atomic mass is 32.2. The number of hydrogen-bond acceptors (Lipinski definition) is 9. The van der Waals surface area contributed by atoms with E-state index in [1.807, 2.05) is 6.92 Å². The Morgan fingerprint density at radius 2 is 2.05 bits per heavy atom. The Hall–Kier alpha value is -2.14. The van der Waals surface area contributed by atoms with Gasteiger partial charge in [0.25, 0.3) is 10.9 Å². The van der Waals surface area contributed by atoms with Crippen LogP contribution in [0, 0.1) is 6.92 Å². The standard InChI is InChI=1S/C9H9N7O2S2/c1-4-3-11-6(19-4)5-12-8-14-9(20(2,17)18)13-7(10)16(8)15-5/h3H,1-2H3,(H2,10,12,13,14,15). The van der Waals surface area contributed by atoms with Gasteiger partial charge in [-0.2, -0.15) is 19.5 Å². The van der Waals surface area contributed by atoms with E-state index in [9.17, 15) is 8.42 Å². The van der Waals surface area contributed by atoms with Crippen molar-refractivity contribution in [2.45, 2.75) is 12.1 Å². The molecule has 0 saturated carbocycles. The van der Waals surface area contributed by atoms with Gasteiger partial charge in [0.1, 0.15) is 0 Å². The van der Waals surface area contributed by atoms with Gasteiger partial charge < -0.3 is 5.73 Å². The largest absolute Gasteiger partial charge is 0.368 e. The molecular formula is C9H9N7O2S2. The number of nitrogens with zero attached hydrogens (tertiary/aromatic N) is 6. The fourth-order valence-corrected chi connectivity index (χ4v) is 2.70. The Morgan fingerprint density at radius 1 is 1.30 bits per heavy atom. The highest BCUT2D eigenvalue weighted by Crippen LogP contribution is 2.22. The number of hydrogen-bond donors (Lipinski definition) is 1. The van der Waals surface area contributed by atoms with Crippen LogP contribution >= 0.6 is 11.3 Å². The van der Waals surface area contributed by atoms with Crippen LogP contribution < -0.4 is 5.73 Å². The molecular weight excluding hydrogens is 302 g/mol. The molecule has 0 spiro atoms. The third-order valence-electron chi connectivity index (χ3n) is 2.36. The van der Waals surface area contributed by atoms with Crippen LogP contribution in [0.1, 0.15) is 4.88 Å². The minimum atomic E-state index is -3.56. The van der Waals surface area contributed by atoms with Crippen LogP contribution in [0.5, 0.6) is 0 Å². The molecule has 3 rings (SSSR count). The minimum absolute atomic E-state index is 0.0702. The summed E-state index contributed by atoms with van der Waals surface area (Å²) >= 11 is 1.41. The number of aryl methyl sites for hydroxylation is 1. The maximum atomic E-state index is 11.5. The first-order valence-corrected chi connectivity index (χ1v) is 8.08. The van der Waals surface area contributed by atoms with Crippen molar-refractivity contribution >= 4 is 32.9 Å². The van der Waals surface area contributed by atoms with Crippen LogP contribution in [-0.2, 0) is 9.84 Å². The molecule has 0 bridgehead atoms. The molecule has 2 N–H and O–H groups in total. The lowest BCUT2D eigenvalue weighted by molar-refractivity contribution is 0.592. The third-order valence-corrected chi connectivity index (χ3v) is 4.11. The molecule has 3 aromatic rings. The second-order valence-electron chi connectivity index (χ2n) is 4.06. The lowest BCUT2D eigenvalue weighted by Crippen LogP contribution is -2.11. The third kappa shape index (κ3) is 2.10. The molecule has 0 saturated heterocycles. The second kappa shape index (κ2) is 4.18. The van der Waals surface area contributed by atoms with Crippen molar-refractivity contribution in [3.63, 3.8) is 0 Å². The number of sulfone groups is 1. The Balaban J connectivity index is 2.23. The highest BCUT2D eigenvalue weighted by molar-refractivity contribution is 7.90. The van der Waals surface area contributed by atoms with E-state index in [0.29, 0.717) is 10.8 Å². The van der Waals surface area contributed by atoms with Crippen molar-refractivity contribution in [2.75, 3.05) is 12.0 Å². The van der Waals surface area contributed by atoms with Crippen molar-refractivity contribution in [3.8, 4) is 10.8 Å². The van der Waals surface area contributed by atoms with E-state index >= 15 is 0 Å². The van der Waals surface area contributed by atoms with E-state index in [-0.39, 0.29) is 16.9 Å². The normalized spacial score (nSPS) is 12.1. The Kier molecular flexibility index (Phi) is 2.69. The smallest absolute Gasteiger partial charge is 0.258 e. The molecule has 20 heavy (non-hydrogen) atoms. The van der Waals surface area contributed by atoms with Gasteiger partial charge in [-0.3, -0.25) is 0 Å². The SMILES string of the molecule is Cc1cnc(-c2nc3nc(S(C)(=O)=O)nc(N)n3n2)s1. The van der Waals surface area contributed by atoms with Gasteiger partial charge >= 0.3 is 0 Å². The lowest BCUT2D eigenvalue weighted by atomic mass is 10.6. The number of nitrogens with two attached hydrogens (primary N) is 1. The minimum Gasteiger partial charge on any atom is -0.368 e. The van der Waals surface area contributed by atoms with Crippen LogP contribution in [0.25, 0.3) is 16.6 Å². The van der Waals surface area contributed by atoms with Crippen molar-refractivity contribution in [1.82, 2.24) is 29.5 Å². The predicted molar refractivity (Wildman–Crippen MR) is 71.9 cm³/mol. The van der Waals surface area contributed by atoms with Gasteiger partial charge in [-0.15, -0.1) is 16.4 Å². The first kappa shape index (κ1) is 12.9. The topological polar surface area (TPSA) is 129 Å². The molecule has 3 heterocycles. The summed E-state index contributed by atoms with van der Waals surface area (Å²) < 4.78 is 24.1. The average molecular weight is 311 g/mol. The van der Waals surface area contributed by atoms with Crippen molar-refractivity contribution in [2.24, 2.45) is 0 Å². The monoisotopic (exact) mass is 311 g/mol. The lowest BCUT2D eigenvalue weighted by Gasteiger charge is -1.99. The molecule has 0 aromatic carbocycles. The molecule has 0 aliphatic heterocycles. The van der Waals surface area contributed by atoms with E-state index in [1.54, 1.807) is 6.20 Å². The van der Waals surface area contributed by atoms with E-state index in [0.717, 1.165) is 11.1 Å². The maximum Gasteiger partial charge on any atom is 0.258 e. The molecule has 11 heteroatoms. The second-order valence-corrected chi connectivity index (χ2v) is 7.20. The summed E-state index contributed by atoms with van der Waals surface area (Å²) in [7, 11) is -3.56. The number of anilines is 1. The summed E-state index contributed by atoms with van der Waals surface area (Å²) in [5.41, 5.74) is 5.68. The highest BCUT2D eigenvalue weighted by Gasteiger charge is 2.18. The summed E-state index contributed by atoms with van der Waals surface area (Å²) in [4.78, 5) is 16.9. The molecule has 0 fully saturated rings. The van der Waals surface area contributed by atoms with Crippen LogP contribution in [-0.4, -0.2) is 44.2 Å². The summed E-state index contributed by atoms with van der Waals surface area (Å²) in [5.74, 6) is 0.304. The summed E-state index contributed by atoms with van der Waals surface area (Å²) in [6, 6.07) is 0. The van der Waals surface area contributed by atoms with Gasteiger partial charge in [-0.1, -0.05) is 0 Å². The van der Waals surface area contributed by atoms with E-state index in [4.69, 9.17) is 5.73 Å². The predicted octanol–water partition coefficient (Wildman–Crippen LogP) is -0.0631. The Labute approximate surface area is 117 Å². The molecule has 104 valence electrons. The molecule has 0 radical (unpaired) electrons. The van der Waals surface area contributed by atoms with Gasteiger partial charge in [0, 0.05) is 17.3 Å². The molecule has 9 nitrogen and oxygen atoms in total. The number of rotatable bonds is 2. The first-order valence-electron chi connectivity index (χ1n) is 5.38. The Morgan fingerprint density at radius 3 is 2.65 bits per heavy atom. The maximum absolute atomic E-state index is 11.5. The molecule has 0 unspecified atom stereocenters. The molecule has 0 atom stereocenters. The van der Waals surface area contributed by atoms with Crippen LogP contribution in [0.2, 0.25) is 0 Å². The quantitative estimate of drug-likeness (QED) is 0.696. The van der Waals surface area contributed by atoms with Gasteiger partial charge in [-0.25, -0.2) is 13.4 Å². The number of aromatic nitrogens is 6. The van der Waals surface area contributed by atoms with Gasteiger partial charge in [0.05, 0.1) is 0 Å². The summed E-state index contributed by atoms with van der Waals surface area (Å²) in [6.45, 7) is 1.91. The zero-order valence-corrected chi connectivity index (χ0v) is 12.1. The van der Waals surface area contributed by atoms with Gasteiger partial charge in [0.2, 0.25) is 21.6 Å². The number of nitrogen functional groups attached to an aromatic ring is 1. The van der Waals surface area contributed by atoms with Crippen LogP contribution in [0.4, 0.5) is 5.95 Å². The van der Waals surface area contributed by atoms with Gasteiger partial charge in [0.15, 0.2) is 5.01 Å². The number of fused-ring (bicyclic) bond motifs is 1. The zero-order chi connectivity index (χ0) is 14.5. The molecule has 3 aromatic heterocycles.